The van der Waals surface area contributed by atoms with E-state index in [1.54, 1.807) is 11.1 Å². The van der Waals surface area contributed by atoms with Gasteiger partial charge in [-0.3, -0.25) is 9.78 Å². The van der Waals surface area contributed by atoms with Crippen molar-refractivity contribution in [1.29, 1.82) is 0 Å². The molecule has 1 aliphatic heterocycles. The quantitative estimate of drug-likeness (QED) is 0.538. The van der Waals surface area contributed by atoms with Crippen LogP contribution in [0.3, 0.4) is 0 Å². The molecule has 0 spiro atoms. The number of hydrogen-bond acceptors (Lipinski definition) is 5. The first-order valence-electron chi connectivity index (χ1n) is 10.4. The van der Waals surface area contributed by atoms with Crippen LogP contribution in [-0.2, 0) is 25.8 Å². The fraction of sp³-hybridized carbons (Fsp3) is 0.250. The maximum Gasteiger partial charge on any atom is 0.274 e. The first-order valence-corrected chi connectivity index (χ1v) is 10.4. The van der Waals surface area contributed by atoms with Gasteiger partial charge in [-0.2, -0.15) is 0 Å². The van der Waals surface area contributed by atoms with E-state index in [2.05, 4.69) is 19.9 Å². The summed E-state index contributed by atoms with van der Waals surface area (Å²) in [4.78, 5) is 31.6. The Labute approximate surface area is 180 Å². The standard InChI is InChI=1S/C24H23N5O2/c1-16-22(28-23(26-16)18-7-3-2-4-8-18)24(30)29-13-11-20-19(15-29)27-21(31-20)10-9-17-6-5-12-25-14-17/h2-8,12,14H,9-11,13,15H2,1H3,(H,26,28). The van der Waals surface area contributed by atoms with Crippen molar-refractivity contribution < 1.29 is 9.21 Å². The minimum Gasteiger partial charge on any atom is -0.445 e. The van der Waals surface area contributed by atoms with Crippen molar-refractivity contribution in [3.05, 3.63) is 89.2 Å². The van der Waals surface area contributed by atoms with E-state index in [0.717, 1.165) is 34.7 Å². The predicted octanol–water partition coefficient (Wildman–Crippen LogP) is 3.75. The van der Waals surface area contributed by atoms with Gasteiger partial charge in [0.05, 0.1) is 6.54 Å². The summed E-state index contributed by atoms with van der Waals surface area (Å²) in [6.45, 7) is 2.92. The number of nitrogens with zero attached hydrogens (tertiary/aromatic N) is 4. The maximum atomic E-state index is 13.2. The normalized spacial score (nSPS) is 13.3. The van der Waals surface area contributed by atoms with Gasteiger partial charge < -0.3 is 14.3 Å². The molecule has 0 saturated carbocycles. The Balaban J connectivity index is 1.29. The third-order valence-electron chi connectivity index (χ3n) is 5.54. The van der Waals surface area contributed by atoms with Crippen LogP contribution in [0.2, 0.25) is 0 Å². The summed E-state index contributed by atoms with van der Waals surface area (Å²) in [6.07, 6.45) is 5.83. The second-order valence-corrected chi connectivity index (χ2v) is 7.74. The van der Waals surface area contributed by atoms with Crippen molar-refractivity contribution >= 4 is 5.91 Å². The number of aromatic nitrogens is 4. The highest BCUT2D eigenvalue weighted by molar-refractivity contribution is 5.94. The zero-order valence-electron chi connectivity index (χ0n) is 17.3. The molecule has 1 N–H and O–H groups in total. The minimum absolute atomic E-state index is 0.0820. The average molecular weight is 413 g/mol. The number of nitrogens with one attached hydrogen (secondary N) is 1. The number of carbonyl (C=O) groups excluding carboxylic acids is 1. The van der Waals surface area contributed by atoms with Crippen LogP contribution in [0, 0.1) is 6.92 Å². The molecule has 0 bridgehead atoms. The van der Waals surface area contributed by atoms with E-state index in [4.69, 9.17) is 4.42 Å². The SMILES string of the molecule is Cc1[nH]c(-c2ccccc2)nc1C(=O)N1CCc2oc(CCc3cccnc3)nc2C1. The number of carbonyl (C=O) groups is 1. The highest BCUT2D eigenvalue weighted by atomic mass is 16.4. The summed E-state index contributed by atoms with van der Waals surface area (Å²) in [7, 11) is 0. The van der Waals surface area contributed by atoms with E-state index < -0.39 is 0 Å². The van der Waals surface area contributed by atoms with Crippen molar-refractivity contribution in [2.75, 3.05) is 6.54 Å². The first-order chi connectivity index (χ1) is 15.2. The molecule has 1 amide bonds. The van der Waals surface area contributed by atoms with Crippen LogP contribution in [0.1, 0.15) is 39.1 Å². The topological polar surface area (TPSA) is 87.9 Å². The van der Waals surface area contributed by atoms with Gasteiger partial charge in [0.1, 0.15) is 23.0 Å². The third kappa shape index (κ3) is 3.99. The molecular weight excluding hydrogens is 390 g/mol. The van der Waals surface area contributed by atoms with Crippen molar-refractivity contribution in [2.24, 2.45) is 0 Å². The molecule has 0 atom stereocenters. The number of H-pyrrole nitrogens is 1. The number of rotatable bonds is 5. The number of benzene rings is 1. The van der Waals surface area contributed by atoms with Crippen LogP contribution in [-0.4, -0.2) is 37.3 Å². The molecular formula is C24H23N5O2. The van der Waals surface area contributed by atoms with Crippen molar-refractivity contribution in [3.63, 3.8) is 0 Å². The molecule has 156 valence electrons. The lowest BCUT2D eigenvalue weighted by Gasteiger charge is -2.24. The van der Waals surface area contributed by atoms with Gasteiger partial charge in [0.25, 0.3) is 5.91 Å². The number of aromatic amines is 1. The van der Waals surface area contributed by atoms with Gasteiger partial charge in [-0.25, -0.2) is 9.97 Å². The molecule has 4 aromatic rings. The van der Waals surface area contributed by atoms with Crippen LogP contribution in [0.15, 0.2) is 59.3 Å². The van der Waals surface area contributed by atoms with Gasteiger partial charge in [-0.1, -0.05) is 36.4 Å². The Morgan fingerprint density at radius 1 is 1.13 bits per heavy atom. The summed E-state index contributed by atoms with van der Waals surface area (Å²) in [5, 5.41) is 0. The van der Waals surface area contributed by atoms with Crippen LogP contribution in [0.25, 0.3) is 11.4 Å². The lowest BCUT2D eigenvalue weighted by Crippen LogP contribution is -2.36. The maximum absolute atomic E-state index is 13.2. The van der Waals surface area contributed by atoms with Crippen LogP contribution in [0.5, 0.6) is 0 Å². The van der Waals surface area contributed by atoms with Gasteiger partial charge in [-0.15, -0.1) is 0 Å². The molecule has 4 heterocycles. The molecule has 3 aromatic heterocycles. The van der Waals surface area contributed by atoms with Crippen molar-refractivity contribution in [2.45, 2.75) is 32.7 Å². The van der Waals surface area contributed by atoms with E-state index in [1.165, 1.54) is 0 Å². The zero-order valence-corrected chi connectivity index (χ0v) is 17.3. The van der Waals surface area contributed by atoms with E-state index in [9.17, 15) is 4.79 Å². The lowest BCUT2D eigenvalue weighted by atomic mass is 10.1. The Bertz CT molecular complexity index is 1200. The van der Waals surface area contributed by atoms with Gasteiger partial charge >= 0.3 is 0 Å². The Hall–Kier alpha value is -3.74. The van der Waals surface area contributed by atoms with Gasteiger partial charge in [0.15, 0.2) is 5.89 Å². The molecule has 0 aliphatic carbocycles. The molecule has 7 nitrogen and oxygen atoms in total. The monoisotopic (exact) mass is 413 g/mol. The Morgan fingerprint density at radius 3 is 2.81 bits per heavy atom. The van der Waals surface area contributed by atoms with E-state index in [1.807, 2.05) is 55.6 Å². The van der Waals surface area contributed by atoms with E-state index in [0.29, 0.717) is 43.3 Å². The largest absolute Gasteiger partial charge is 0.445 e. The average Bonchev–Trinajstić information content (AvgIpc) is 3.41. The van der Waals surface area contributed by atoms with Crippen LogP contribution >= 0.6 is 0 Å². The first kappa shape index (κ1) is 19.2. The molecule has 1 aromatic carbocycles. The zero-order chi connectivity index (χ0) is 21.2. The van der Waals surface area contributed by atoms with E-state index >= 15 is 0 Å². The number of oxazole rings is 1. The van der Waals surface area contributed by atoms with Crippen molar-refractivity contribution in [3.8, 4) is 11.4 Å². The summed E-state index contributed by atoms with van der Waals surface area (Å²) >= 11 is 0. The number of hydrogen-bond donors (Lipinski definition) is 1. The Kier molecular flexibility index (Phi) is 5.08. The molecule has 0 fully saturated rings. The molecule has 31 heavy (non-hydrogen) atoms. The summed E-state index contributed by atoms with van der Waals surface area (Å²) in [5.74, 6) is 2.22. The summed E-state index contributed by atoms with van der Waals surface area (Å²) in [5.41, 5.74) is 4.19. The molecule has 0 radical (unpaired) electrons. The van der Waals surface area contributed by atoms with Crippen molar-refractivity contribution in [1.82, 2.24) is 24.8 Å². The third-order valence-corrected chi connectivity index (χ3v) is 5.54. The second kappa shape index (κ2) is 8.18. The van der Waals surface area contributed by atoms with Crippen LogP contribution in [0.4, 0.5) is 0 Å². The van der Waals surface area contributed by atoms with Gasteiger partial charge in [0.2, 0.25) is 0 Å². The number of amides is 1. The fourth-order valence-electron chi connectivity index (χ4n) is 3.88. The predicted molar refractivity (Wildman–Crippen MR) is 115 cm³/mol. The van der Waals surface area contributed by atoms with Gasteiger partial charge in [0, 0.05) is 43.0 Å². The van der Waals surface area contributed by atoms with Gasteiger partial charge in [-0.05, 0) is 25.0 Å². The molecule has 1 aliphatic rings. The number of fused-ring (bicyclic) bond motifs is 1. The van der Waals surface area contributed by atoms with E-state index in [-0.39, 0.29) is 5.91 Å². The van der Waals surface area contributed by atoms with Crippen LogP contribution < -0.4 is 0 Å². The fourth-order valence-corrected chi connectivity index (χ4v) is 3.88. The molecule has 5 rings (SSSR count). The summed E-state index contributed by atoms with van der Waals surface area (Å²) < 4.78 is 5.96. The number of pyridine rings is 1. The highest BCUT2D eigenvalue weighted by Gasteiger charge is 2.28. The minimum atomic E-state index is -0.0820. The highest BCUT2D eigenvalue weighted by Crippen LogP contribution is 2.24. The second-order valence-electron chi connectivity index (χ2n) is 7.74. The Morgan fingerprint density at radius 2 is 2.00 bits per heavy atom. The number of imidazole rings is 1. The lowest BCUT2D eigenvalue weighted by molar-refractivity contribution is 0.0721. The smallest absolute Gasteiger partial charge is 0.274 e. The number of aryl methyl sites for hydroxylation is 3. The molecule has 0 unspecified atom stereocenters. The molecule has 7 heteroatoms. The molecule has 0 saturated heterocycles. The summed E-state index contributed by atoms with van der Waals surface area (Å²) in [6, 6.07) is 13.8.